The van der Waals surface area contributed by atoms with Gasteiger partial charge in [-0.15, -0.1) is 6.42 Å². The average Bonchev–Trinajstić information content (AvgIpc) is 2.46. The highest BCUT2D eigenvalue weighted by atomic mass is 19.3. The molecule has 0 radical (unpaired) electrons. The molecule has 0 spiro atoms. The summed E-state index contributed by atoms with van der Waals surface area (Å²) in [5.74, 6) is 2.56. The minimum absolute atomic E-state index is 0.0399. The molecule has 2 aromatic carbocycles. The zero-order chi connectivity index (χ0) is 13.7. The fourth-order valence-electron chi connectivity index (χ4n) is 1.70. The molecule has 1 N–H and O–H groups in total. The summed E-state index contributed by atoms with van der Waals surface area (Å²) in [4.78, 5) is 0. The largest absolute Gasteiger partial charge is 0.381 e. The zero-order valence-corrected chi connectivity index (χ0v) is 10.2. The first kappa shape index (κ1) is 13.1. The molecular weight excluding hydrogens is 244 g/mol. The second-order valence-electron chi connectivity index (χ2n) is 4.12. The maximum atomic E-state index is 12.4. The number of hydrogen-bond acceptors (Lipinski definition) is 1. The highest BCUT2D eigenvalue weighted by Gasteiger charge is 2.05. The molecule has 0 amide bonds. The van der Waals surface area contributed by atoms with E-state index in [9.17, 15) is 8.78 Å². The van der Waals surface area contributed by atoms with Crippen LogP contribution in [-0.2, 0) is 6.54 Å². The van der Waals surface area contributed by atoms with Crippen LogP contribution in [0, 0.1) is 12.3 Å². The molecule has 0 bridgehead atoms. The molecule has 3 heteroatoms. The van der Waals surface area contributed by atoms with Crippen molar-refractivity contribution in [2.45, 2.75) is 13.0 Å². The van der Waals surface area contributed by atoms with Gasteiger partial charge in [-0.2, -0.15) is 0 Å². The van der Waals surface area contributed by atoms with Crippen LogP contribution in [0.15, 0.2) is 48.5 Å². The van der Waals surface area contributed by atoms with Gasteiger partial charge in [0.05, 0.1) is 0 Å². The Morgan fingerprint density at radius 2 is 1.84 bits per heavy atom. The minimum Gasteiger partial charge on any atom is -0.381 e. The SMILES string of the molecule is C#Cc1cccc(NCc2ccc(C(F)F)cc2)c1. The summed E-state index contributed by atoms with van der Waals surface area (Å²) in [6.45, 7) is 0.567. The third-order valence-electron chi connectivity index (χ3n) is 2.76. The van der Waals surface area contributed by atoms with E-state index in [4.69, 9.17) is 6.42 Å². The van der Waals surface area contributed by atoms with E-state index in [1.807, 2.05) is 24.3 Å². The highest BCUT2D eigenvalue weighted by molar-refractivity contribution is 5.50. The summed E-state index contributed by atoms with van der Waals surface area (Å²) < 4.78 is 24.8. The number of benzene rings is 2. The molecule has 0 fully saturated rings. The minimum atomic E-state index is -2.42. The molecule has 1 nitrogen and oxygen atoms in total. The third-order valence-corrected chi connectivity index (χ3v) is 2.76. The Morgan fingerprint density at radius 3 is 2.47 bits per heavy atom. The van der Waals surface area contributed by atoms with E-state index < -0.39 is 6.43 Å². The third kappa shape index (κ3) is 3.56. The molecule has 0 aromatic heterocycles. The topological polar surface area (TPSA) is 12.0 Å². The van der Waals surface area contributed by atoms with Crippen LogP contribution in [0.3, 0.4) is 0 Å². The van der Waals surface area contributed by atoms with Gasteiger partial charge in [0.15, 0.2) is 0 Å². The number of alkyl halides is 2. The Bertz CT molecular complexity index is 582. The molecule has 0 atom stereocenters. The molecular formula is C16H13F2N. The number of rotatable bonds is 4. The van der Waals surface area contributed by atoms with E-state index in [1.54, 1.807) is 12.1 Å². The van der Waals surface area contributed by atoms with Crippen LogP contribution in [0.4, 0.5) is 14.5 Å². The van der Waals surface area contributed by atoms with Gasteiger partial charge in [0, 0.05) is 23.4 Å². The van der Waals surface area contributed by atoms with Crippen LogP contribution in [0.2, 0.25) is 0 Å². The van der Waals surface area contributed by atoms with Crippen LogP contribution >= 0.6 is 0 Å². The second kappa shape index (κ2) is 6.01. The fourth-order valence-corrected chi connectivity index (χ4v) is 1.70. The van der Waals surface area contributed by atoms with E-state index in [-0.39, 0.29) is 5.56 Å². The van der Waals surface area contributed by atoms with Crippen molar-refractivity contribution >= 4 is 5.69 Å². The first-order valence-corrected chi connectivity index (χ1v) is 5.86. The molecule has 2 rings (SSSR count). The molecule has 96 valence electrons. The Morgan fingerprint density at radius 1 is 1.11 bits per heavy atom. The zero-order valence-electron chi connectivity index (χ0n) is 10.2. The first-order chi connectivity index (χ1) is 9.19. The average molecular weight is 257 g/mol. The van der Waals surface area contributed by atoms with Crippen molar-refractivity contribution in [1.29, 1.82) is 0 Å². The number of nitrogens with one attached hydrogen (secondary N) is 1. The predicted molar refractivity (Wildman–Crippen MR) is 73.1 cm³/mol. The second-order valence-corrected chi connectivity index (χ2v) is 4.12. The standard InChI is InChI=1S/C16H13F2N/c1-2-12-4-3-5-15(10-12)19-11-13-6-8-14(9-7-13)16(17)18/h1,3-10,16,19H,11H2. The van der Waals surface area contributed by atoms with E-state index in [2.05, 4.69) is 11.2 Å². The Balaban J connectivity index is 2.00. The summed E-state index contributed by atoms with van der Waals surface area (Å²) >= 11 is 0. The van der Waals surface area contributed by atoms with E-state index in [0.29, 0.717) is 6.54 Å². The van der Waals surface area contributed by atoms with Crippen LogP contribution in [0.25, 0.3) is 0 Å². The van der Waals surface area contributed by atoms with Crippen molar-refractivity contribution in [2.75, 3.05) is 5.32 Å². The Kier molecular flexibility index (Phi) is 4.15. The van der Waals surface area contributed by atoms with Crippen molar-refractivity contribution in [1.82, 2.24) is 0 Å². The lowest BCUT2D eigenvalue weighted by Crippen LogP contribution is -1.99. The van der Waals surface area contributed by atoms with Crippen LogP contribution in [0.5, 0.6) is 0 Å². The number of halogens is 2. The van der Waals surface area contributed by atoms with Gasteiger partial charge in [0.1, 0.15) is 0 Å². The number of anilines is 1. The monoisotopic (exact) mass is 257 g/mol. The van der Waals surface area contributed by atoms with E-state index in [1.165, 1.54) is 12.1 Å². The van der Waals surface area contributed by atoms with Gasteiger partial charge in [-0.05, 0) is 23.8 Å². The normalized spacial score (nSPS) is 10.2. The van der Waals surface area contributed by atoms with Crippen molar-refractivity contribution in [3.05, 3.63) is 65.2 Å². The number of terminal acetylenes is 1. The highest BCUT2D eigenvalue weighted by Crippen LogP contribution is 2.19. The predicted octanol–water partition coefficient (Wildman–Crippen LogP) is 4.22. The van der Waals surface area contributed by atoms with Gasteiger partial charge < -0.3 is 5.32 Å². The van der Waals surface area contributed by atoms with Crippen LogP contribution in [0.1, 0.15) is 23.1 Å². The number of hydrogen-bond donors (Lipinski definition) is 1. The first-order valence-electron chi connectivity index (χ1n) is 5.86. The molecule has 0 aliphatic heterocycles. The summed E-state index contributed by atoms with van der Waals surface area (Å²) in [6, 6.07) is 13.8. The molecule has 0 unspecified atom stereocenters. The Hall–Kier alpha value is -2.34. The molecule has 2 aromatic rings. The van der Waals surface area contributed by atoms with Crippen molar-refractivity contribution < 1.29 is 8.78 Å². The molecule has 0 heterocycles. The molecule has 0 saturated carbocycles. The molecule has 0 saturated heterocycles. The van der Waals surface area contributed by atoms with Crippen molar-refractivity contribution in [2.24, 2.45) is 0 Å². The van der Waals surface area contributed by atoms with Crippen molar-refractivity contribution in [3.63, 3.8) is 0 Å². The van der Waals surface area contributed by atoms with Gasteiger partial charge in [0.25, 0.3) is 6.43 Å². The molecule has 0 aliphatic carbocycles. The Labute approximate surface area is 111 Å². The van der Waals surface area contributed by atoms with Crippen molar-refractivity contribution in [3.8, 4) is 12.3 Å². The maximum Gasteiger partial charge on any atom is 0.263 e. The van der Waals surface area contributed by atoms with Gasteiger partial charge >= 0.3 is 0 Å². The van der Waals surface area contributed by atoms with Crippen LogP contribution < -0.4 is 5.32 Å². The van der Waals surface area contributed by atoms with Gasteiger partial charge in [-0.3, -0.25) is 0 Å². The van der Waals surface area contributed by atoms with E-state index >= 15 is 0 Å². The smallest absolute Gasteiger partial charge is 0.263 e. The lowest BCUT2D eigenvalue weighted by atomic mass is 10.1. The summed E-state index contributed by atoms with van der Waals surface area (Å²) in [5.41, 5.74) is 2.69. The van der Waals surface area contributed by atoms with Gasteiger partial charge in [0.2, 0.25) is 0 Å². The molecule has 19 heavy (non-hydrogen) atoms. The fraction of sp³-hybridized carbons (Fsp3) is 0.125. The van der Waals surface area contributed by atoms with E-state index in [0.717, 1.165) is 16.8 Å². The van der Waals surface area contributed by atoms with Crippen LogP contribution in [-0.4, -0.2) is 0 Å². The van der Waals surface area contributed by atoms with Gasteiger partial charge in [-0.1, -0.05) is 36.3 Å². The lowest BCUT2D eigenvalue weighted by molar-refractivity contribution is 0.151. The lowest BCUT2D eigenvalue weighted by Gasteiger charge is -2.08. The summed E-state index contributed by atoms with van der Waals surface area (Å²) in [5, 5.41) is 3.20. The summed E-state index contributed by atoms with van der Waals surface area (Å²) in [7, 11) is 0. The molecule has 0 aliphatic rings. The van der Waals surface area contributed by atoms with Gasteiger partial charge in [-0.25, -0.2) is 8.78 Å². The summed E-state index contributed by atoms with van der Waals surface area (Å²) in [6.07, 6.45) is 2.90. The quantitative estimate of drug-likeness (QED) is 0.809. The maximum absolute atomic E-state index is 12.4.